The lowest BCUT2D eigenvalue weighted by Crippen LogP contribution is -2.15. The molecular weight excluding hydrogens is 236 g/mol. The molecule has 0 unspecified atom stereocenters. The lowest BCUT2D eigenvalue weighted by molar-refractivity contribution is 0.108. The zero-order chi connectivity index (χ0) is 11.7. The molecule has 0 spiro atoms. The van der Waals surface area contributed by atoms with E-state index in [1.165, 1.54) is 16.1 Å². The predicted octanol–water partition coefficient (Wildman–Crippen LogP) is 1.68. The van der Waals surface area contributed by atoms with Crippen LogP contribution >= 0.6 is 11.3 Å². The second-order valence-electron chi connectivity index (χ2n) is 4.00. The summed E-state index contributed by atoms with van der Waals surface area (Å²) in [7, 11) is 0. The molecule has 17 heavy (non-hydrogen) atoms. The van der Waals surface area contributed by atoms with Gasteiger partial charge in [-0.15, -0.1) is 11.3 Å². The van der Waals surface area contributed by atoms with Crippen molar-refractivity contribution in [1.29, 1.82) is 0 Å². The molecule has 0 aromatic carbocycles. The fraction of sp³-hybridized carbons (Fsp3) is 0.417. The fourth-order valence-corrected chi connectivity index (χ4v) is 2.94. The molecule has 0 atom stereocenters. The van der Waals surface area contributed by atoms with E-state index in [0.717, 1.165) is 18.7 Å². The number of fused-ring (bicyclic) bond motifs is 1. The topological polar surface area (TPSA) is 47.3 Å². The molecule has 5 heteroatoms. The molecule has 3 heterocycles. The number of rotatable bonds is 3. The van der Waals surface area contributed by atoms with Crippen LogP contribution in [-0.2, 0) is 24.3 Å². The highest BCUT2D eigenvalue weighted by Crippen LogP contribution is 2.31. The van der Waals surface area contributed by atoms with Crippen molar-refractivity contribution < 1.29 is 9.84 Å². The van der Waals surface area contributed by atoms with E-state index in [9.17, 15) is 0 Å². The van der Waals surface area contributed by atoms with Crippen LogP contribution in [0.2, 0.25) is 0 Å². The summed E-state index contributed by atoms with van der Waals surface area (Å²) >= 11 is 1.69. The zero-order valence-corrected chi connectivity index (χ0v) is 10.2. The first kappa shape index (κ1) is 11.0. The molecule has 0 saturated heterocycles. The Balaban J connectivity index is 2.09. The Bertz CT molecular complexity index is 505. The minimum atomic E-state index is 0.124. The number of hydrogen-bond acceptors (Lipinski definition) is 4. The molecule has 1 aliphatic rings. The predicted molar refractivity (Wildman–Crippen MR) is 66.0 cm³/mol. The van der Waals surface area contributed by atoms with Gasteiger partial charge in [0, 0.05) is 17.7 Å². The molecule has 4 nitrogen and oxygen atoms in total. The third-order valence-corrected chi connectivity index (χ3v) is 3.84. The smallest absolute Gasteiger partial charge is 0.108 e. The number of ether oxygens (including phenoxy) is 1. The van der Waals surface area contributed by atoms with Crippen LogP contribution in [0.15, 0.2) is 17.5 Å². The van der Waals surface area contributed by atoms with Crippen molar-refractivity contribution in [1.82, 2.24) is 9.78 Å². The van der Waals surface area contributed by atoms with Crippen LogP contribution in [0.3, 0.4) is 0 Å². The van der Waals surface area contributed by atoms with Gasteiger partial charge in [-0.25, -0.2) is 0 Å². The van der Waals surface area contributed by atoms with Crippen molar-refractivity contribution in [3.8, 4) is 10.6 Å². The summed E-state index contributed by atoms with van der Waals surface area (Å²) < 4.78 is 7.44. The van der Waals surface area contributed by atoms with Gasteiger partial charge >= 0.3 is 0 Å². The van der Waals surface area contributed by atoms with Gasteiger partial charge < -0.3 is 9.84 Å². The second-order valence-corrected chi connectivity index (χ2v) is 4.95. The van der Waals surface area contributed by atoms with Crippen molar-refractivity contribution in [3.05, 3.63) is 28.8 Å². The lowest BCUT2D eigenvalue weighted by atomic mass is 10.1. The minimum Gasteiger partial charge on any atom is -0.394 e. The normalized spacial score (nSPS) is 14.9. The Morgan fingerprint density at radius 2 is 2.47 bits per heavy atom. The molecule has 2 aromatic rings. The van der Waals surface area contributed by atoms with Crippen molar-refractivity contribution >= 4 is 11.3 Å². The average molecular weight is 250 g/mol. The van der Waals surface area contributed by atoms with Crippen LogP contribution in [0.5, 0.6) is 0 Å². The monoisotopic (exact) mass is 250 g/mol. The first-order chi connectivity index (χ1) is 8.40. The van der Waals surface area contributed by atoms with Crippen LogP contribution < -0.4 is 0 Å². The van der Waals surface area contributed by atoms with Crippen molar-refractivity contribution in [2.75, 3.05) is 13.2 Å². The maximum absolute atomic E-state index is 9.07. The molecule has 0 aliphatic carbocycles. The zero-order valence-electron chi connectivity index (χ0n) is 9.43. The van der Waals surface area contributed by atoms with Crippen LogP contribution in [0.1, 0.15) is 11.3 Å². The Morgan fingerprint density at radius 1 is 1.53 bits per heavy atom. The number of hydrogen-bond donors (Lipinski definition) is 1. The van der Waals surface area contributed by atoms with Crippen LogP contribution in [0, 0.1) is 0 Å². The lowest BCUT2D eigenvalue weighted by Gasteiger charge is -2.14. The van der Waals surface area contributed by atoms with Gasteiger partial charge in [-0.05, 0) is 11.4 Å². The van der Waals surface area contributed by atoms with E-state index in [1.54, 1.807) is 11.3 Å². The van der Waals surface area contributed by atoms with Crippen molar-refractivity contribution in [3.63, 3.8) is 0 Å². The first-order valence-electron chi connectivity index (χ1n) is 5.71. The fourth-order valence-electron chi connectivity index (χ4n) is 2.20. The molecule has 3 rings (SSSR count). The average Bonchev–Trinajstić information content (AvgIpc) is 2.97. The summed E-state index contributed by atoms with van der Waals surface area (Å²) in [4.78, 5) is 1.17. The SMILES string of the molecule is OCCn1nc(-c2cccs2)c2c1CCOC2. The third kappa shape index (κ3) is 1.90. The van der Waals surface area contributed by atoms with Gasteiger partial charge in [0.15, 0.2) is 0 Å². The summed E-state index contributed by atoms with van der Waals surface area (Å²) in [6.07, 6.45) is 0.883. The number of aliphatic hydroxyl groups is 1. The van der Waals surface area contributed by atoms with E-state index in [1.807, 2.05) is 10.7 Å². The largest absolute Gasteiger partial charge is 0.394 e. The Labute approximate surface area is 103 Å². The summed E-state index contributed by atoms with van der Waals surface area (Å²) in [5.41, 5.74) is 3.42. The van der Waals surface area contributed by atoms with E-state index in [2.05, 4.69) is 16.5 Å². The number of thiophene rings is 1. The van der Waals surface area contributed by atoms with Crippen molar-refractivity contribution in [2.24, 2.45) is 0 Å². The van der Waals surface area contributed by atoms with Gasteiger partial charge in [-0.2, -0.15) is 5.10 Å². The standard InChI is InChI=1S/C12H14N2O2S/c15-5-4-14-10-3-6-16-8-9(10)12(13-14)11-2-1-7-17-11/h1-2,7,15H,3-6,8H2. The van der Waals surface area contributed by atoms with Gasteiger partial charge in [0.2, 0.25) is 0 Å². The summed E-state index contributed by atoms with van der Waals surface area (Å²) in [5, 5.41) is 15.7. The van der Waals surface area contributed by atoms with Gasteiger partial charge in [0.05, 0.1) is 31.2 Å². The van der Waals surface area contributed by atoms with E-state index < -0.39 is 0 Å². The van der Waals surface area contributed by atoms with E-state index in [4.69, 9.17) is 9.84 Å². The van der Waals surface area contributed by atoms with E-state index in [-0.39, 0.29) is 6.61 Å². The first-order valence-corrected chi connectivity index (χ1v) is 6.59. The summed E-state index contributed by atoms with van der Waals surface area (Å²) in [6.45, 7) is 2.06. The molecule has 0 fully saturated rings. The van der Waals surface area contributed by atoms with Crippen molar-refractivity contribution in [2.45, 2.75) is 19.6 Å². The minimum absolute atomic E-state index is 0.124. The summed E-state index contributed by atoms with van der Waals surface area (Å²) in [6, 6.07) is 4.10. The maximum Gasteiger partial charge on any atom is 0.108 e. The summed E-state index contributed by atoms with van der Waals surface area (Å²) in [5.74, 6) is 0. The number of aliphatic hydroxyl groups excluding tert-OH is 1. The Hall–Kier alpha value is -1.17. The molecule has 0 amide bonds. The molecule has 90 valence electrons. The van der Waals surface area contributed by atoms with Gasteiger partial charge in [-0.1, -0.05) is 6.07 Å². The quantitative estimate of drug-likeness (QED) is 0.901. The Morgan fingerprint density at radius 3 is 3.24 bits per heavy atom. The highest BCUT2D eigenvalue weighted by molar-refractivity contribution is 7.13. The Kier molecular flexibility index (Phi) is 2.96. The highest BCUT2D eigenvalue weighted by Gasteiger charge is 2.22. The van der Waals surface area contributed by atoms with Crippen LogP contribution in [0.25, 0.3) is 10.6 Å². The second kappa shape index (κ2) is 4.60. The molecular formula is C12H14N2O2S. The number of aromatic nitrogens is 2. The molecule has 0 bridgehead atoms. The van der Waals surface area contributed by atoms with Crippen LogP contribution in [-0.4, -0.2) is 28.1 Å². The van der Waals surface area contributed by atoms with E-state index >= 15 is 0 Å². The number of nitrogens with zero attached hydrogens (tertiary/aromatic N) is 2. The molecule has 2 aromatic heterocycles. The maximum atomic E-state index is 9.07. The molecule has 1 N–H and O–H groups in total. The molecule has 0 saturated carbocycles. The van der Waals surface area contributed by atoms with Gasteiger partial charge in [-0.3, -0.25) is 4.68 Å². The highest BCUT2D eigenvalue weighted by atomic mass is 32.1. The molecule has 0 radical (unpaired) electrons. The van der Waals surface area contributed by atoms with Gasteiger partial charge in [0.25, 0.3) is 0 Å². The third-order valence-electron chi connectivity index (χ3n) is 2.96. The van der Waals surface area contributed by atoms with Gasteiger partial charge in [0.1, 0.15) is 5.69 Å². The van der Waals surface area contributed by atoms with Crippen LogP contribution in [0.4, 0.5) is 0 Å². The molecule has 1 aliphatic heterocycles. The van der Waals surface area contributed by atoms with E-state index in [0.29, 0.717) is 13.2 Å².